The van der Waals surface area contributed by atoms with Crippen molar-refractivity contribution < 1.29 is 4.39 Å². The molecular formula is C13H10Cl2FN. The van der Waals surface area contributed by atoms with E-state index >= 15 is 0 Å². The second kappa shape index (κ2) is 4.55. The second-order valence-corrected chi connectivity index (χ2v) is 4.72. The van der Waals surface area contributed by atoms with Crippen LogP contribution in [0.1, 0.15) is 5.56 Å². The van der Waals surface area contributed by atoms with E-state index in [0.29, 0.717) is 26.9 Å². The number of hydrogen-bond donors (Lipinski definition) is 1. The Bertz CT molecular complexity index is 562. The molecule has 0 spiro atoms. The molecule has 0 aliphatic rings. The van der Waals surface area contributed by atoms with Crippen molar-refractivity contribution in [2.24, 2.45) is 0 Å². The predicted molar refractivity (Wildman–Crippen MR) is 71.0 cm³/mol. The molecule has 0 saturated carbocycles. The molecule has 0 saturated heterocycles. The Kier molecular flexibility index (Phi) is 3.27. The molecule has 0 fully saturated rings. The van der Waals surface area contributed by atoms with Crippen molar-refractivity contribution in [3.05, 3.63) is 51.8 Å². The lowest BCUT2D eigenvalue weighted by Gasteiger charge is -2.08. The topological polar surface area (TPSA) is 26.0 Å². The summed E-state index contributed by atoms with van der Waals surface area (Å²) in [4.78, 5) is 0. The first-order valence-electron chi connectivity index (χ1n) is 4.99. The predicted octanol–water partition coefficient (Wildman–Crippen LogP) is 4.69. The normalized spacial score (nSPS) is 10.6. The molecule has 1 nitrogen and oxygen atoms in total. The number of aryl methyl sites for hydroxylation is 1. The van der Waals surface area contributed by atoms with Gasteiger partial charge < -0.3 is 5.73 Å². The summed E-state index contributed by atoms with van der Waals surface area (Å²) in [6, 6.07) is 7.93. The molecule has 2 N–H and O–H groups in total. The third kappa shape index (κ3) is 2.54. The monoisotopic (exact) mass is 269 g/mol. The van der Waals surface area contributed by atoms with Gasteiger partial charge in [-0.25, -0.2) is 4.39 Å². The first-order chi connectivity index (χ1) is 7.97. The van der Waals surface area contributed by atoms with Crippen LogP contribution in [0, 0.1) is 12.7 Å². The lowest BCUT2D eigenvalue weighted by atomic mass is 10.0. The Labute approximate surface area is 109 Å². The Hall–Kier alpha value is -1.25. The van der Waals surface area contributed by atoms with Crippen LogP contribution in [-0.4, -0.2) is 0 Å². The van der Waals surface area contributed by atoms with Crippen molar-refractivity contribution in [3.63, 3.8) is 0 Å². The average Bonchev–Trinajstić information content (AvgIpc) is 2.22. The van der Waals surface area contributed by atoms with E-state index in [1.54, 1.807) is 24.3 Å². The third-order valence-corrected chi connectivity index (χ3v) is 2.97. The Balaban J connectivity index is 2.64. The molecule has 0 atom stereocenters. The highest BCUT2D eigenvalue weighted by molar-refractivity contribution is 6.35. The summed E-state index contributed by atoms with van der Waals surface area (Å²) in [6.07, 6.45) is 0. The van der Waals surface area contributed by atoms with Crippen molar-refractivity contribution in [3.8, 4) is 11.1 Å². The van der Waals surface area contributed by atoms with E-state index in [9.17, 15) is 4.39 Å². The molecule has 0 bridgehead atoms. The highest BCUT2D eigenvalue weighted by Gasteiger charge is 2.09. The maximum Gasteiger partial charge on any atom is 0.133 e. The lowest BCUT2D eigenvalue weighted by Crippen LogP contribution is -1.93. The first kappa shape index (κ1) is 12.2. The van der Waals surface area contributed by atoms with E-state index in [-0.39, 0.29) is 5.82 Å². The van der Waals surface area contributed by atoms with Gasteiger partial charge in [0.1, 0.15) is 5.82 Å². The van der Waals surface area contributed by atoms with Crippen LogP contribution in [0.15, 0.2) is 30.3 Å². The second-order valence-electron chi connectivity index (χ2n) is 3.85. The summed E-state index contributed by atoms with van der Waals surface area (Å²) in [5.41, 5.74) is 7.97. The van der Waals surface area contributed by atoms with Crippen LogP contribution in [0.5, 0.6) is 0 Å². The van der Waals surface area contributed by atoms with Gasteiger partial charge in [0.25, 0.3) is 0 Å². The molecule has 0 amide bonds. The molecular weight excluding hydrogens is 260 g/mol. The van der Waals surface area contributed by atoms with E-state index in [0.717, 1.165) is 5.56 Å². The third-order valence-electron chi connectivity index (χ3n) is 2.53. The van der Waals surface area contributed by atoms with E-state index in [1.165, 1.54) is 6.07 Å². The largest absolute Gasteiger partial charge is 0.398 e. The zero-order valence-corrected chi connectivity index (χ0v) is 10.6. The fourth-order valence-corrected chi connectivity index (χ4v) is 2.15. The molecule has 2 aromatic rings. The molecule has 0 radical (unpaired) electrons. The van der Waals surface area contributed by atoms with Gasteiger partial charge in [0.15, 0.2) is 0 Å². The number of benzene rings is 2. The highest BCUT2D eigenvalue weighted by atomic mass is 35.5. The Morgan fingerprint density at radius 1 is 1.00 bits per heavy atom. The SMILES string of the molecule is Cc1cc(-c2cc(Cl)cc(Cl)c2)c(F)cc1N. The van der Waals surface area contributed by atoms with Crippen molar-refractivity contribution in [2.75, 3.05) is 5.73 Å². The Morgan fingerprint density at radius 2 is 1.59 bits per heavy atom. The minimum Gasteiger partial charge on any atom is -0.398 e. The zero-order chi connectivity index (χ0) is 12.6. The molecule has 4 heteroatoms. The standard InChI is InChI=1S/C13H10Cl2FN/c1-7-2-11(12(16)6-13(7)17)8-3-9(14)5-10(15)4-8/h2-6H,17H2,1H3. The quantitative estimate of drug-likeness (QED) is 0.747. The summed E-state index contributed by atoms with van der Waals surface area (Å²) < 4.78 is 13.8. The number of anilines is 1. The molecule has 0 aliphatic heterocycles. The van der Waals surface area contributed by atoms with Crippen molar-refractivity contribution in [1.29, 1.82) is 0 Å². The van der Waals surface area contributed by atoms with E-state index in [2.05, 4.69) is 0 Å². The maximum absolute atomic E-state index is 13.8. The van der Waals surface area contributed by atoms with E-state index in [4.69, 9.17) is 28.9 Å². The van der Waals surface area contributed by atoms with Crippen LogP contribution in [0.2, 0.25) is 10.0 Å². The average molecular weight is 270 g/mol. The summed E-state index contributed by atoms with van der Waals surface area (Å²) in [5, 5.41) is 0.947. The fourth-order valence-electron chi connectivity index (χ4n) is 1.63. The van der Waals surface area contributed by atoms with Gasteiger partial charge in [0.05, 0.1) is 0 Å². The molecule has 0 aromatic heterocycles. The van der Waals surface area contributed by atoms with Gasteiger partial charge in [-0.1, -0.05) is 23.2 Å². The minimum absolute atomic E-state index is 0.383. The summed E-state index contributed by atoms with van der Waals surface area (Å²) in [5.74, 6) is -0.383. The Morgan fingerprint density at radius 3 is 2.18 bits per heavy atom. The summed E-state index contributed by atoms with van der Waals surface area (Å²) >= 11 is 11.8. The number of hydrogen-bond acceptors (Lipinski definition) is 1. The van der Waals surface area contributed by atoms with Gasteiger partial charge in [-0.15, -0.1) is 0 Å². The van der Waals surface area contributed by atoms with Gasteiger partial charge in [-0.05, 0) is 48.4 Å². The molecule has 2 aromatic carbocycles. The van der Waals surface area contributed by atoms with E-state index in [1.807, 2.05) is 6.92 Å². The number of rotatable bonds is 1. The minimum atomic E-state index is -0.383. The van der Waals surface area contributed by atoms with Crippen LogP contribution in [-0.2, 0) is 0 Å². The molecule has 17 heavy (non-hydrogen) atoms. The number of nitrogens with two attached hydrogens (primary N) is 1. The van der Waals surface area contributed by atoms with E-state index < -0.39 is 0 Å². The van der Waals surface area contributed by atoms with Crippen LogP contribution in [0.3, 0.4) is 0 Å². The molecule has 88 valence electrons. The lowest BCUT2D eigenvalue weighted by molar-refractivity contribution is 0.631. The van der Waals surface area contributed by atoms with Gasteiger partial charge in [-0.3, -0.25) is 0 Å². The van der Waals surface area contributed by atoms with Crippen LogP contribution >= 0.6 is 23.2 Å². The molecule has 0 unspecified atom stereocenters. The van der Waals surface area contributed by atoms with Crippen LogP contribution in [0.4, 0.5) is 10.1 Å². The van der Waals surface area contributed by atoms with Gasteiger partial charge in [0, 0.05) is 21.3 Å². The summed E-state index contributed by atoms with van der Waals surface area (Å²) in [6.45, 7) is 1.82. The van der Waals surface area contributed by atoms with Crippen molar-refractivity contribution in [1.82, 2.24) is 0 Å². The van der Waals surface area contributed by atoms with Crippen molar-refractivity contribution >= 4 is 28.9 Å². The maximum atomic E-state index is 13.8. The first-order valence-corrected chi connectivity index (χ1v) is 5.75. The van der Waals surface area contributed by atoms with Crippen molar-refractivity contribution in [2.45, 2.75) is 6.92 Å². The van der Waals surface area contributed by atoms with Gasteiger partial charge in [0.2, 0.25) is 0 Å². The molecule has 0 heterocycles. The fraction of sp³-hybridized carbons (Fsp3) is 0.0769. The van der Waals surface area contributed by atoms with Gasteiger partial charge in [-0.2, -0.15) is 0 Å². The van der Waals surface area contributed by atoms with Crippen LogP contribution in [0.25, 0.3) is 11.1 Å². The summed E-state index contributed by atoms with van der Waals surface area (Å²) in [7, 11) is 0. The zero-order valence-electron chi connectivity index (χ0n) is 9.10. The molecule has 2 rings (SSSR count). The smallest absolute Gasteiger partial charge is 0.133 e. The number of halogens is 3. The highest BCUT2D eigenvalue weighted by Crippen LogP contribution is 2.31. The molecule has 0 aliphatic carbocycles. The number of nitrogen functional groups attached to an aromatic ring is 1. The van der Waals surface area contributed by atoms with Gasteiger partial charge >= 0.3 is 0 Å². The van der Waals surface area contributed by atoms with Crippen LogP contribution < -0.4 is 5.73 Å².